The third-order valence-corrected chi connectivity index (χ3v) is 2.73. The molecular weight excluding hydrogens is 268 g/mol. The van der Waals surface area contributed by atoms with E-state index in [9.17, 15) is 0 Å². The Bertz CT molecular complexity index is 581. The molecule has 0 unspecified atom stereocenters. The Morgan fingerprint density at radius 3 is 2.53 bits per heavy atom. The highest BCUT2D eigenvalue weighted by molar-refractivity contribution is 6.33. The Morgan fingerprint density at radius 2 is 2.00 bits per heavy atom. The summed E-state index contributed by atoms with van der Waals surface area (Å²) in [4.78, 5) is 0. The highest BCUT2D eigenvalue weighted by atomic mass is 35.5. The van der Waals surface area contributed by atoms with Crippen LogP contribution in [0.5, 0.6) is 11.5 Å². The van der Waals surface area contributed by atoms with Gasteiger partial charge in [-0.15, -0.1) is 0 Å². The van der Waals surface area contributed by atoms with Gasteiger partial charge in [-0.1, -0.05) is 16.8 Å². The molecule has 2 N–H and O–H groups in total. The second kappa shape index (κ2) is 5.40. The number of anilines is 1. The number of nitrogens with two attached hydrogens (primary N) is 1. The van der Waals surface area contributed by atoms with Crippen LogP contribution in [0.25, 0.3) is 11.3 Å². The minimum atomic E-state index is 0.0264. The normalized spacial score (nSPS) is 10.8. The van der Waals surface area contributed by atoms with Crippen LogP contribution in [0.15, 0.2) is 22.7 Å². The summed E-state index contributed by atoms with van der Waals surface area (Å²) in [6.45, 7) is 3.86. The molecule has 0 atom stereocenters. The molecule has 0 aliphatic heterocycles. The number of nitrogens with zero attached hydrogens (tertiary/aromatic N) is 1. The zero-order chi connectivity index (χ0) is 14.0. The lowest BCUT2D eigenvalue weighted by Gasteiger charge is -2.15. The molecule has 19 heavy (non-hydrogen) atoms. The van der Waals surface area contributed by atoms with Crippen molar-refractivity contribution in [2.24, 2.45) is 0 Å². The van der Waals surface area contributed by atoms with E-state index in [-0.39, 0.29) is 12.0 Å². The Balaban J connectivity index is 2.47. The second-order valence-electron chi connectivity index (χ2n) is 4.26. The number of hydrogen-bond donors (Lipinski definition) is 1. The number of halogens is 1. The predicted octanol–water partition coefficient (Wildman–Crippen LogP) is 3.37. The van der Waals surface area contributed by atoms with Crippen molar-refractivity contribution in [3.05, 3.63) is 23.2 Å². The van der Waals surface area contributed by atoms with Gasteiger partial charge in [0.15, 0.2) is 11.5 Å². The summed E-state index contributed by atoms with van der Waals surface area (Å²) >= 11 is 6.23. The predicted molar refractivity (Wildman–Crippen MR) is 73.7 cm³/mol. The summed E-state index contributed by atoms with van der Waals surface area (Å²) in [5.41, 5.74) is 6.73. The third-order valence-electron chi connectivity index (χ3n) is 2.42. The fraction of sp³-hybridized carbons (Fsp3) is 0.308. The average Bonchev–Trinajstić information content (AvgIpc) is 2.75. The zero-order valence-electron chi connectivity index (χ0n) is 10.9. The summed E-state index contributed by atoms with van der Waals surface area (Å²) < 4.78 is 15.8. The molecule has 1 aromatic heterocycles. The van der Waals surface area contributed by atoms with Crippen LogP contribution in [-0.2, 0) is 0 Å². The minimum Gasteiger partial charge on any atom is -0.493 e. The van der Waals surface area contributed by atoms with Crippen LogP contribution >= 0.6 is 11.6 Å². The number of nitrogen functional groups attached to an aromatic ring is 1. The van der Waals surface area contributed by atoms with Gasteiger partial charge in [0.1, 0.15) is 5.69 Å². The van der Waals surface area contributed by atoms with E-state index >= 15 is 0 Å². The maximum absolute atomic E-state index is 6.23. The monoisotopic (exact) mass is 282 g/mol. The van der Waals surface area contributed by atoms with Gasteiger partial charge < -0.3 is 19.7 Å². The first-order valence-corrected chi connectivity index (χ1v) is 6.15. The van der Waals surface area contributed by atoms with Gasteiger partial charge in [-0.3, -0.25) is 0 Å². The SMILES string of the molecule is COc1cc(-c2cc(N)on2)c(Cl)cc1OC(C)C. The summed E-state index contributed by atoms with van der Waals surface area (Å²) in [6, 6.07) is 5.04. The molecule has 0 saturated carbocycles. The van der Waals surface area contributed by atoms with E-state index in [4.69, 9.17) is 31.3 Å². The standard InChI is InChI=1S/C13H15ClN2O3/c1-7(2)18-12-5-9(14)8(4-11(12)17-3)10-6-13(15)19-16-10/h4-7H,15H2,1-3H3. The second-order valence-corrected chi connectivity index (χ2v) is 4.67. The molecule has 1 aromatic carbocycles. The highest BCUT2D eigenvalue weighted by Crippen LogP contribution is 2.38. The fourth-order valence-corrected chi connectivity index (χ4v) is 1.90. The molecule has 0 amide bonds. The van der Waals surface area contributed by atoms with Gasteiger partial charge in [0.05, 0.1) is 18.2 Å². The van der Waals surface area contributed by atoms with Crippen molar-refractivity contribution in [3.8, 4) is 22.8 Å². The van der Waals surface area contributed by atoms with Crippen molar-refractivity contribution < 1.29 is 14.0 Å². The lowest BCUT2D eigenvalue weighted by atomic mass is 10.1. The molecule has 0 spiro atoms. The van der Waals surface area contributed by atoms with E-state index in [0.717, 1.165) is 0 Å². The van der Waals surface area contributed by atoms with E-state index in [1.165, 1.54) is 0 Å². The number of hydrogen-bond acceptors (Lipinski definition) is 5. The van der Waals surface area contributed by atoms with Crippen molar-refractivity contribution in [3.63, 3.8) is 0 Å². The molecule has 0 radical (unpaired) electrons. The topological polar surface area (TPSA) is 70.5 Å². The molecule has 0 saturated heterocycles. The van der Waals surface area contributed by atoms with E-state index in [1.807, 2.05) is 13.8 Å². The van der Waals surface area contributed by atoms with Crippen molar-refractivity contribution in [2.75, 3.05) is 12.8 Å². The average molecular weight is 283 g/mol. The first-order chi connectivity index (χ1) is 9.01. The van der Waals surface area contributed by atoms with Gasteiger partial charge >= 0.3 is 0 Å². The lowest BCUT2D eigenvalue weighted by Crippen LogP contribution is -2.06. The van der Waals surface area contributed by atoms with Crippen LogP contribution in [0.4, 0.5) is 5.88 Å². The van der Waals surface area contributed by atoms with Crippen molar-refractivity contribution in [2.45, 2.75) is 20.0 Å². The smallest absolute Gasteiger partial charge is 0.222 e. The number of rotatable bonds is 4. The van der Waals surface area contributed by atoms with E-state index in [0.29, 0.717) is 27.8 Å². The molecule has 5 nitrogen and oxygen atoms in total. The molecule has 1 heterocycles. The lowest BCUT2D eigenvalue weighted by molar-refractivity contribution is 0.230. The maximum Gasteiger partial charge on any atom is 0.222 e. The number of methoxy groups -OCH3 is 1. The van der Waals surface area contributed by atoms with E-state index in [2.05, 4.69) is 5.16 Å². The van der Waals surface area contributed by atoms with Gasteiger partial charge in [-0.05, 0) is 19.9 Å². The first-order valence-electron chi connectivity index (χ1n) is 5.78. The van der Waals surface area contributed by atoms with Crippen LogP contribution in [0.3, 0.4) is 0 Å². The summed E-state index contributed by atoms with van der Waals surface area (Å²) in [7, 11) is 1.57. The number of ether oxygens (including phenoxy) is 2. The highest BCUT2D eigenvalue weighted by Gasteiger charge is 2.15. The first kappa shape index (κ1) is 13.5. The number of aromatic nitrogens is 1. The molecule has 0 aliphatic rings. The third kappa shape index (κ3) is 2.93. The number of benzene rings is 1. The van der Waals surface area contributed by atoms with Gasteiger partial charge in [0, 0.05) is 17.7 Å². The molecule has 6 heteroatoms. The molecule has 0 fully saturated rings. The molecule has 2 aromatic rings. The van der Waals surface area contributed by atoms with Crippen molar-refractivity contribution in [1.82, 2.24) is 5.16 Å². The van der Waals surface area contributed by atoms with Gasteiger partial charge in [-0.2, -0.15) is 0 Å². The van der Waals surface area contributed by atoms with Crippen LogP contribution in [0.1, 0.15) is 13.8 Å². The maximum atomic E-state index is 6.23. The molecule has 0 aliphatic carbocycles. The largest absolute Gasteiger partial charge is 0.493 e. The van der Waals surface area contributed by atoms with Gasteiger partial charge in [0.25, 0.3) is 0 Å². The Hall–Kier alpha value is -1.88. The van der Waals surface area contributed by atoms with Crippen LogP contribution < -0.4 is 15.2 Å². The van der Waals surface area contributed by atoms with Gasteiger partial charge in [0.2, 0.25) is 5.88 Å². The quantitative estimate of drug-likeness (QED) is 0.931. The summed E-state index contributed by atoms with van der Waals surface area (Å²) in [6.07, 6.45) is 0.0264. The Labute approximate surface area is 116 Å². The van der Waals surface area contributed by atoms with E-state index < -0.39 is 0 Å². The Kier molecular flexibility index (Phi) is 3.85. The van der Waals surface area contributed by atoms with Gasteiger partial charge in [-0.25, -0.2) is 0 Å². The summed E-state index contributed by atoms with van der Waals surface area (Å²) in [5.74, 6) is 1.39. The van der Waals surface area contributed by atoms with Crippen molar-refractivity contribution >= 4 is 17.5 Å². The van der Waals surface area contributed by atoms with E-state index in [1.54, 1.807) is 25.3 Å². The fourth-order valence-electron chi connectivity index (χ4n) is 1.65. The molecule has 0 bridgehead atoms. The minimum absolute atomic E-state index is 0.0264. The van der Waals surface area contributed by atoms with Crippen LogP contribution in [0, 0.1) is 0 Å². The molecule has 102 valence electrons. The Morgan fingerprint density at radius 1 is 1.26 bits per heavy atom. The zero-order valence-corrected chi connectivity index (χ0v) is 11.7. The van der Waals surface area contributed by atoms with Crippen molar-refractivity contribution in [1.29, 1.82) is 0 Å². The van der Waals surface area contributed by atoms with Crippen LogP contribution in [-0.4, -0.2) is 18.4 Å². The molecular formula is C13H15ClN2O3. The molecule has 2 rings (SSSR count). The summed E-state index contributed by atoms with van der Waals surface area (Å²) in [5, 5.41) is 4.32. The van der Waals surface area contributed by atoms with Crippen LogP contribution in [0.2, 0.25) is 5.02 Å².